The molecule has 0 aliphatic heterocycles. The van der Waals surface area contributed by atoms with Crippen LogP contribution in [-0.2, 0) is 0 Å². The lowest BCUT2D eigenvalue weighted by molar-refractivity contribution is -0.394. The molecule has 0 spiro atoms. The lowest BCUT2D eigenvalue weighted by Gasteiger charge is -2.12. The van der Waals surface area contributed by atoms with Crippen LogP contribution in [0.25, 0.3) is 0 Å². The van der Waals surface area contributed by atoms with E-state index in [1.165, 1.54) is 6.21 Å². The first-order valence-corrected chi connectivity index (χ1v) is 12.7. The Balaban J connectivity index is 1.75. The lowest BCUT2D eigenvalue weighted by atomic mass is 10.2. The summed E-state index contributed by atoms with van der Waals surface area (Å²) in [5, 5.41) is 26.4. The molecule has 0 radical (unpaired) electrons. The maximum Gasteiger partial charge on any atom is 0.318 e. The zero-order valence-electron chi connectivity index (χ0n) is 20.3. The summed E-state index contributed by atoms with van der Waals surface area (Å²) in [4.78, 5) is 33.5. The fraction of sp³-hybridized carbons (Fsp3) is 0.120. The first kappa shape index (κ1) is 29.3. The van der Waals surface area contributed by atoms with Gasteiger partial charge in [0, 0.05) is 11.6 Å². The van der Waals surface area contributed by atoms with Crippen LogP contribution in [0.2, 0.25) is 0 Å². The Morgan fingerprint density at radius 1 is 1.00 bits per heavy atom. The average Bonchev–Trinajstić information content (AvgIpc) is 2.90. The topological polar surface area (TPSA) is 155 Å². The molecule has 0 aliphatic rings. The number of non-ortho nitro benzene ring substituents is 1. The van der Waals surface area contributed by atoms with E-state index in [-0.39, 0.29) is 18.1 Å². The van der Waals surface area contributed by atoms with Crippen molar-refractivity contribution in [3.05, 3.63) is 101 Å². The molecule has 39 heavy (non-hydrogen) atoms. The van der Waals surface area contributed by atoms with Crippen LogP contribution in [0.4, 0.5) is 11.4 Å². The third-order valence-corrected chi connectivity index (χ3v) is 6.00. The van der Waals surface area contributed by atoms with Crippen LogP contribution >= 0.6 is 31.9 Å². The Bertz CT molecular complexity index is 1440. The smallest absolute Gasteiger partial charge is 0.318 e. The van der Waals surface area contributed by atoms with E-state index < -0.39 is 27.1 Å². The predicted molar refractivity (Wildman–Crippen MR) is 150 cm³/mol. The van der Waals surface area contributed by atoms with Gasteiger partial charge in [-0.05, 0) is 80.7 Å². The first-order valence-electron chi connectivity index (χ1n) is 11.1. The molecular weight excluding hydrogens is 644 g/mol. The summed E-state index contributed by atoms with van der Waals surface area (Å²) in [7, 11) is 0. The number of hydrogen-bond donors (Lipinski definition) is 1. The molecule has 1 amide bonds. The fourth-order valence-electron chi connectivity index (χ4n) is 3.13. The second kappa shape index (κ2) is 13.5. The Labute approximate surface area is 238 Å². The standard InChI is InChI=1S/C25H20Br2N4O8/c1-3-9-38-22-7-5-16(12-23(22)37-4-2)25(32)29-28-14-15-10-18(26)24(19(27)11-15)39-21-8-6-17(30(33)34)13-20(21)31(35)36/h3,5-8,10-14H,1,4,9H2,2H3,(H,29,32)/b28-14+. The highest BCUT2D eigenvalue weighted by atomic mass is 79.9. The summed E-state index contributed by atoms with van der Waals surface area (Å²) >= 11 is 6.69. The van der Waals surface area contributed by atoms with Crippen molar-refractivity contribution in [1.29, 1.82) is 0 Å². The van der Waals surface area contributed by atoms with Gasteiger partial charge in [-0.15, -0.1) is 0 Å². The maximum atomic E-state index is 12.6. The number of amides is 1. The van der Waals surface area contributed by atoms with Crippen molar-refractivity contribution in [2.24, 2.45) is 5.10 Å². The summed E-state index contributed by atoms with van der Waals surface area (Å²) in [6, 6.07) is 11.0. The van der Waals surface area contributed by atoms with E-state index in [1.54, 1.807) is 36.4 Å². The molecule has 0 aromatic heterocycles. The number of rotatable bonds is 12. The quantitative estimate of drug-likeness (QED) is 0.0990. The number of nitrogens with zero attached hydrogens (tertiary/aromatic N) is 3. The van der Waals surface area contributed by atoms with Gasteiger partial charge in [-0.2, -0.15) is 5.10 Å². The van der Waals surface area contributed by atoms with E-state index in [9.17, 15) is 25.0 Å². The molecule has 3 rings (SSSR count). The molecule has 3 aromatic rings. The van der Waals surface area contributed by atoms with E-state index in [4.69, 9.17) is 14.2 Å². The minimum Gasteiger partial charge on any atom is -0.490 e. The van der Waals surface area contributed by atoms with E-state index in [2.05, 4.69) is 49.0 Å². The van der Waals surface area contributed by atoms with Crippen molar-refractivity contribution in [1.82, 2.24) is 5.43 Å². The van der Waals surface area contributed by atoms with E-state index >= 15 is 0 Å². The van der Waals surface area contributed by atoms with Crippen LogP contribution in [0.15, 0.2) is 75.2 Å². The second-order valence-corrected chi connectivity index (χ2v) is 9.18. The van der Waals surface area contributed by atoms with Crippen LogP contribution in [-0.4, -0.2) is 35.2 Å². The van der Waals surface area contributed by atoms with Crippen molar-refractivity contribution in [3.8, 4) is 23.0 Å². The second-order valence-electron chi connectivity index (χ2n) is 7.48. The molecular formula is C25H20Br2N4O8. The molecule has 0 unspecified atom stereocenters. The van der Waals surface area contributed by atoms with Crippen LogP contribution in [0.3, 0.4) is 0 Å². The molecule has 14 heteroatoms. The molecule has 3 aromatic carbocycles. The van der Waals surface area contributed by atoms with Gasteiger partial charge < -0.3 is 14.2 Å². The normalized spacial score (nSPS) is 10.6. The molecule has 0 fully saturated rings. The highest BCUT2D eigenvalue weighted by Gasteiger charge is 2.23. The first-order chi connectivity index (χ1) is 18.6. The van der Waals surface area contributed by atoms with Gasteiger partial charge in [-0.25, -0.2) is 5.43 Å². The number of hydrazone groups is 1. The number of carbonyl (C=O) groups is 1. The van der Waals surface area contributed by atoms with E-state index in [0.29, 0.717) is 38.2 Å². The number of nitrogens with one attached hydrogen (secondary N) is 1. The average molecular weight is 664 g/mol. The molecule has 1 N–H and O–H groups in total. The van der Waals surface area contributed by atoms with E-state index in [0.717, 1.165) is 18.2 Å². The Morgan fingerprint density at radius 3 is 2.31 bits per heavy atom. The van der Waals surface area contributed by atoms with Crippen molar-refractivity contribution < 1.29 is 28.9 Å². The Morgan fingerprint density at radius 2 is 1.69 bits per heavy atom. The molecule has 0 aliphatic carbocycles. The summed E-state index contributed by atoms with van der Waals surface area (Å²) in [6.45, 7) is 6.09. The summed E-state index contributed by atoms with van der Waals surface area (Å²) < 4.78 is 17.6. The largest absolute Gasteiger partial charge is 0.490 e. The van der Waals surface area contributed by atoms with Gasteiger partial charge in [0.2, 0.25) is 5.75 Å². The molecule has 0 heterocycles. The highest BCUT2D eigenvalue weighted by Crippen LogP contribution is 2.41. The SMILES string of the molecule is C=CCOc1ccc(C(=O)N/N=C/c2cc(Br)c(Oc3ccc([N+](=O)[O-])cc3[N+](=O)[O-])c(Br)c2)cc1OCC. The summed E-state index contributed by atoms with van der Waals surface area (Å²) in [5.41, 5.74) is 2.28. The van der Waals surface area contributed by atoms with Crippen molar-refractivity contribution in [2.75, 3.05) is 13.2 Å². The zero-order valence-corrected chi connectivity index (χ0v) is 23.4. The fourth-order valence-corrected chi connectivity index (χ4v) is 4.51. The molecule has 0 atom stereocenters. The Hall–Kier alpha value is -4.30. The maximum absolute atomic E-state index is 12.6. The van der Waals surface area contributed by atoms with E-state index in [1.807, 2.05) is 6.92 Å². The lowest BCUT2D eigenvalue weighted by Crippen LogP contribution is -2.17. The number of hydrogen-bond acceptors (Lipinski definition) is 9. The number of halogens is 2. The Kier molecular flexibility index (Phi) is 10.1. The summed E-state index contributed by atoms with van der Waals surface area (Å²) in [6.07, 6.45) is 2.98. The van der Waals surface area contributed by atoms with Gasteiger partial charge in [0.25, 0.3) is 11.6 Å². The van der Waals surface area contributed by atoms with Crippen molar-refractivity contribution >= 4 is 55.4 Å². The van der Waals surface area contributed by atoms with Gasteiger partial charge in [0.05, 0.1) is 37.7 Å². The monoisotopic (exact) mass is 662 g/mol. The molecule has 202 valence electrons. The van der Waals surface area contributed by atoms with Gasteiger partial charge >= 0.3 is 5.69 Å². The van der Waals surface area contributed by atoms with Gasteiger partial charge in [0.15, 0.2) is 17.2 Å². The molecule has 0 saturated carbocycles. The van der Waals surface area contributed by atoms with Crippen LogP contribution in [0.5, 0.6) is 23.0 Å². The van der Waals surface area contributed by atoms with Crippen LogP contribution < -0.4 is 19.6 Å². The predicted octanol–water partition coefficient (Wildman–Crippen LogP) is 6.55. The third kappa shape index (κ3) is 7.61. The van der Waals surface area contributed by atoms with Crippen LogP contribution in [0, 0.1) is 20.2 Å². The highest BCUT2D eigenvalue weighted by molar-refractivity contribution is 9.11. The van der Waals surface area contributed by atoms with Gasteiger partial charge in [-0.1, -0.05) is 12.7 Å². The van der Waals surface area contributed by atoms with Crippen molar-refractivity contribution in [2.45, 2.75) is 6.92 Å². The minimum absolute atomic E-state index is 0.187. The number of ether oxygens (including phenoxy) is 3. The van der Waals surface area contributed by atoms with Gasteiger partial charge in [-0.3, -0.25) is 25.0 Å². The molecule has 12 nitrogen and oxygen atoms in total. The number of carbonyl (C=O) groups excluding carboxylic acids is 1. The van der Waals surface area contributed by atoms with Crippen molar-refractivity contribution in [3.63, 3.8) is 0 Å². The number of nitro groups is 2. The number of benzene rings is 3. The third-order valence-electron chi connectivity index (χ3n) is 4.82. The minimum atomic E-state index is -0.771. The molecule has 0 saturated heterocycles. The number of nitro benzene ring substituents is 2. The van der Waals surface area contributed by atoms with Gasteiger partial charge in [0.1, 0.15) is 6.61 Å². The molecule has 0 bridgehead atoms. The zero-order chi connectivity index (χ0) is 28.5. The van der Waals surface area contributed by atoms with Crippen LogP contribution in [0.1, 0.15) is 22.8 Å². The summed E-state index contributed by atoms with van der Waals surface area (Å²) in [5.74, 6) is 0.412.